The Morgan fingerprint density at radius 1 is 1.07 bits per heavy atom. The molecule has 0 saturated heterocycles. The fourth-order valence-corrected chi connectivity index (χ4v) is 3.39. The highest BCUT2D eigenvalue weighted by molar-refractivity contribution is 8.14. The van der Waals surface area contributed by atoms with E-state index in [0.717, 1.165) is 26.0 Å². The Morgan fingerprint density at radius 3 is 2.30 bits per heavy atom. The summed E-state index contributed by atoms with van der Waals surface area (Å²) in [6, 6.07) is 5.42. The van der Waals surface area contributed by atoms with Crippen molar-refractivity contribution < 1.29 is 37.8 Å². The van der Waals surface area contributed by atoms with E-state index < -0.39 is 40.6 Å². The molecule has 1 amide bonds. The van der Waals surface area contributed by atoms with Crippen LogP contribution in [0.5, 0.6) is 5.75 Å². The van der Waals surface area contributed by atoms with Crippen LogP contribution in [0.2, 0.25) is 0 Å². The second kappa shape index (κ2) is 9.97. The lowest BCUT2D eigenvalue weighted by Gasteiger charge is -2.14. The Morgan fingerprint density at radius 2 is 1.73 bits per heavy atom. The summed E-state index contributed by atoms with van der Waals surface area (Å²) in [5.41, 5.74) is -0.0325. The van der Waals surface area contributed by atoms with Gasteiger partial charge in [-0.05, 0) is 35.9 Å². The molecule has 0 aliphatic carbocycles. The third-order valence-corrected chi connectivity index (χ3v) is 4.73. The number of rotatable bonds is 7. The van der Waals surface area contributed by atoms with Gasteiger partial charge in [-0.15, -0.1) is 0 Å². The summed E-state index contributed by atoms with van der Waals surface area (Å²) in [6.45, 7) is 2.30. The van der Waals surface area contributed by atoms with E-state index in [1.165, 1.54) is 18.2 Å². The highest BCUT2D eigenvalue weighted by Crippen LogP contribution is 2.32. The van der Waals surface area contributed by atoms with Gasteiger partial charge in [0.2, 0.25) is 11.0 Å². The Kier molecular flexibility index (Phi) is 7.65. The number of carboxylic acid groups (broad SMARTS) is 1. The van der Waals surface area contributed by atoms with Crippen molar-refractivity contribution in [1.82, 2.24) is 5.32 Å². The van der Waals surface area contributed by atoms with E-state index in [9.17, 15) is 28.0 Å². The lowest BCUT2D eigenvalue weighted by Crippen LogP contribution is -2.41. The van der Waals surface area contributed by atoms with Crippen molar-refractivity contribution in [3.8, 4) is 16.9 Å². The second-order valence-electron chi connectivity index (χ2n) is 6.12. The van der Waals surface area contributed by atoms with Crippen LogP contribution in [-0.2, 0) is 14.4 Å². The average Bonchev–Trinajstić information content (AvgIpc) is 2.64. The van der Waals surface area contributed by atoms with E-state index in [4.69, 9.17) is 9.84 Å². The number of carbonyl (C=O) groups is 4. The minimum absolute atomic E-state index is 0.0226. The van der Waals surface area contributed by atoms with Gasteiger partial charge in [0.25, 0.3) is 0 Å². The molecular formula is C20H17F2NO6S. The number of esters is 1. The molecule has 7 nitrogen and oxygen atoms in total. The van der Waals surface area contributed by atoms with Gasteiger partial charge in [-0.3, -0.25) is 14.4 Å². The summed E-state index contributed by atoms with van der Waals surface area (Å²) in [4.78, 5) is 46.4. The van der Waals surface area contributed by atoms with Crippen molar-refractivity contribution in [2.24, 2.45) is 0 Å². The summed E-state index contributed by atoms with van der Waals surface area (Å²) in [5, 5.41) is 10.7. The number of amides is 1. The van der Waals surface area contributed by atoms with Gasteiger partial charge in [0.15, 0.2) is 0 Å². The highest BCUT2D eigenvalue weighted by Gasteiger charge is 2.23. The molecule has 2 N–H and O–H groups in total. The summed E-state index contributed by atoms with van der Waals surface area (Å²) < 4.78 is 32.5. The molecule has 0 aliphatic heterocycles. The van der Waals surface area contributed by atoms with Crippen LogP contribution >= 0.6 is 11.8 Å². The molecule has 2 aromatic rings. The molecule has 0 bridgehead atoms. The summed E-state index contributed by atoms with van der Waals surface area (Å²) in [7, 11) is 0. The zero-order valence-corrected chi connectivity index (χ0v) is 16.7. The zero-order chi connectivity index (χ0) is 22.4. The standard InChI is InChI=1S/C20H17F2NO6S/c1-10(24)23-18(19(26)27)9-30-20(28)16-8-13(29-11(2)25)4-6-14(16)15-5-3-12(21)7-17(15)22/h3-8,18H,9H2,1-2H3,(H,23,24)(H,26,27). The summed E-state index contributed by atoms with van der Waals surface area (Å²) >= 11 is 0.582. The Labute approximate surface area is 174 Å². The number of thioether (sulfide) groups is 1. The van der Waals surface area contributed by atoms with Gasteiger partial charge < -0.3 is 15.2 Å². The summed E-state index contributed by atoms with van der Waals surface area (Å²) in [5.74, 6) is -4.53. The van der Waals surface area contributed by atoms with Crippen molar-refractivity contribution in [2.75, 3.05) is 5.75 Å². The number of hydrogen-bond acceptors (Lipinski definition) is 6. The fraction of sp³-hybridized carbons (Fsp3) is 0.200. The first-order chi connectivity index (χ1) is 14.1. The first-order valence-electron chi connectivity index (χ1n) is 8.53. The van der Waals surface area contributed by atoms with Crippen molar-refractivity contribution in [3.05, 3.63) is 53.6 Å². The molecule has 0 radical (unpaired) electrons. The number of ether oxygens (including phenoxy) is 1. The van der Waals surface area contributed by atoms with Crippen LogP contribution in [0.4, 0.5) is 8.78 Å². The molecule has 0 fully saturated rings. The Balaban J connectivity index is 2.41. The quantitative estimate of drug-likeness (QED) is 0.506. The fourth-order valence-electron chi connectivity index (χ4n) is 2.52. The van der Waals surface area contributed by atoms with Gasteiger partial charge in [-0.2, -0.15) is 0 Å². The van der Waals surface area contributed by atoms with E-state index in [2.05, 4.69) is 5.32 Å². The molecule has 30 heavy (non-hydrogen) atoms. The highest BCUT2D eigenvalue weighted by atomic mass is 32.2. The van der Waals surface area contributed by atoms with Crippen LogP contribution in [0, 0.1) is 11.6 Å². The number of benzene rings is 2. The maximum absolute atomic E-state index is 14.3. The van der Waals surface area contributed by atoms with Gasteiger partial charge in [0, 0.05) is 36.8 Å². The van der Waals surface area contributed by atoms with Gasteiger partial charge in [-0.25, -0.2) is 13.6 Å². The van der Waals surface area contributed by atoms with E-state index in [1.807, 2.05) is 0 Å². The number of hydrogen-bond donors (Lipinski definition) is 2. The molecule has 0 spiro atoms. The lowest BCUT2D eigenvalue weighted by atomic mass is 9.99. The Bertz CT molecular complexity index is 1010. The van der Waals surface area contributed by atoms with Gasteiger partial charge in [0.05, 0.1) is 0 Å². The molecule has 2 rings (SSSR count). The molecule has 0 aliphatic rings. The minimum Gasteiger partial charge on any atom is -0.480 e. The smallest absolute Gasteiger partial charge is 0.327 e. The number of nitrogens with one attached hydrogen (secondary N) is 1. The van der Waals surface area contributed by atoms with E-state index in [1.54, 1.807) is 0 Å². The molecule has 0 aromatic heterocycles. The number of aliphatic carboxylic acids is 1. The summed E-state index contributed by atoms with van der Waals surface area (Å²) in [6.07, 6.45) is 0. The maximum Gasteiger partial charge on any atom is 0.327 e. The van der Waals surface area contributed by atoms with Crippen LogP contribution in [0.1, 0.15) is 24.2 Å². The van der Waals surface area contributed by atoms with Crippen LogP contribution in [-0.4, -0.2) is 39.9 Å². The van der Waals surface area contributed by atoms with Crippen molar-refractivity contribution >= 4 is 34.7 Å². The molecule has 158 valence electrons. The number of carboxylic acids is 1. The average molecular weight is 437 g/mol. The predicted molar refractivity (Wildman–Crippen MR) is 105 cm³/mol. The van der Waals surface area contributed by atoms with Crippen LogP contribution in [0.25, 0.3) is 11.1 Å². The zero-order valence-electron chi connectivity index (χ0n) is 15.9. The Hall–Kier alpha value is -3.27. The molecule has 0 heterocycles. The molecule has 0 saturated carbocycles. The molecule has 1 unspecified atom stereocenters. The predicted octanol–water partition coefficient (Wildman–Crippen LogP) is 3.02. The third-order valence-electron chi connectivity index (χ3n) is 3.75. The van der Waals surface area contributed by atoms with Crippen LogP contribution in [0.3, 0.4) is 0 Å². The maximum atomic E-state index is 14.3. The first kappa shape index (κ1) is 23.0. The van der Waals surface area contributed by atoms with Gasteiger partial charge >= 0.3 is 11.9 Å². The van der Waals surface area contributed by atoms with E-state index in [-0.39, 0.29) is 28.2 Å². The molecule has 10 heteroatoms. The lowest BCUT2D eigenvalue weighted by molar-refractivity contribution is -0.140. The van der Waals surface area contributed by atoms with Gasteiger partial charge in [0.1, 0.15) is 23.4 Å². The van der Waals surface area contributed by atoms with Crippen LogP contribution in [0.15, 0.2) is 36.4 Å². The minimum atomic E-state index is -1.33. The van der Waals surface area contributed by atoms with Crippen LogP contribution < -0.4 is 10.1 Å². The SMILES string of the molecule is CC(=O)NC(CSC(=O)c1cc(OC(C)=O)ccc1-c1ccc(F)cc1F)C(=O)O. The largest absolute Gasteiger partial charge is 0.480 e. The molecule has 2 aromatic carbocycles. The van der Waals surface area contributed by atoms with Crippen molar-refractivity contribution in [3.63, 3.8) is 0 Å². The normalized spacial score (nSPS) is 11.5. The third kappa shape index (κ3) is 6.11. The molecular weight excluding hydrogens is 420 g/mol. The van der Waals surface area contributed by atoms with E-state index in [0.29, 0.717) is 17.8 Å². The van der Waals surface area contributed by atoms with Crippen molar-refractivity contribution in [1.29, 1.82) is 0 Å². The second-order valence-corrected chi connectivity index (χ2v) is 7.11. The number of carbonyl (C=O) groups excluding carboxylic acids is 3. The molecule has 1 atom stereocenters. The van der Waals surface area contributed by atoms with Gasteiger partial charge in [-0.1, -0.05) is 11.8 Å². The number of halogens is 2. The van der Waals surface area contributed by atoms with Crippen molar-refractivity contribution in [2.45, 2.75) is 19.9 Å². The monoisotopic (exact) mass is 437 g/mol. The topological polar surface area (TPSA) is 110 Å². The first-order valence-corrected chi connectivity index (χ1v) is 9.52. The van der Waals surface area contributed by atoms with E-state index >= 15 is 0 Å².